The van der Waals surface area contributed by atoms with Crippen LogP contribution in [0, 0.1) is 0 Å². The molecule has 1 fully saturated rings. The van der Waals surface area contributed by atoms with Crippen molar-refractivity contribution in [3.63, 3.8) is 0 Å². The quantitative estimate of drug-likeness (QED) is 0.311. The van der Waals surface area contributed by atoms with Crippen molar-refractivity contribution in [1.82, 2.24) is 4.90 Å². The van der Waals surface area contributed by atoms with Crippen LogP contribution in [0.2, 0.25) is 5.02 Å². The first-order valence-electron chi connectivity index (χ1n) is 10.3. The Hall–Kier alpha value is -3.51. The molecule has 1 aliphatic heterocycles. The smallest absolute Gasteiger partial charge is 0.295 e. The van der Waals surface area contributed by atoms with Gasteiger partial charge in [0.1, 0.15) is 23.3 Å². The Kier molecular flexibility index (Phi) is 6.32. The molecule has 0 aliphatic carbocycles. The number of hydrogen-bond acceptors (Lipinski definition) is 5. The van der Waals surface area contributed by atoms with Crippen molar-refractivity contribution in [3.05, 3.63) is 94.4 Å². The van der Waals surface area contributed by atoms with E-state index in [1.54, 1.807) is 48.5 Å². The number of ether oxygens (including phenoxy) is 1. The van der Waals surface area contributed by atoms with Gasteiger partial charge in [-0.1, -0.05) is 35.9 Å². The van der Waals surface area contributed by atoms with Gasteiger partial charge >= 0.3 is 0 Å². The number of likely N-dealkylation sites (tertiary alicyclic amines) is 1. The van der Waals surface area contributed by atoms with Crippen LogP contribution in [0.4, 0.5) is 0 Å². The Labute approximate surface area is 190 Å². The van der Waals surface area contributed by atoms with E-state index in [9.17, 15) is 14.7 Å². The highest BCUT2D eigenvalue weighted by Gasteiger charge is 2.47. The molecular weight excluding hydrogens is 430 g/mol. The number of halogens is 1. The molecule has 1 saturated heterocycles. The number of Topliss-reactive ketones (excluding diaryl/α,β-unsaturated/α-hetero) is 1. The van der Waals surface area contributed by atoms with Gasteiger partial charge in [-0.2, -0.15) is 0 Å². The van der Waals surface area contributed by atoms with Crippen molar-refractivity contribution < 1.29 is 23.8 Å². The van der Waals surface area contributed by atoms with Crippen LogP contribution in [-0.2, 0) is 16.0 Å². The van der Waals surface area contributed by atoms with Crippen LogP contribution in [0.25, 0.3) is 5.76 Å². The molecule has 1 aromatic heterocycles. The van der Waals surface area contributed by atoms with Gasteiger partial charge in [-0.15, -0.1) is 0 Å². The highest BCUT2D eigenvalue weighted by atomic mass is 35.5. The van der Waals surface area contributed by atoms with Crippen molar-refractivity contribution in [2.75, 3.05) is 13.2 Å². The summed E-state index contributed by atoms with van der Waals surface area (Å²) in [6.45, 7) is 2.59. The molecule has 0 bridgehead atoms. The summed E-state index contributed by atoms with van der Waals surface area (Å²) in [5.74, 6) is -0.726. The van der Waals surface area contributed by atoms with Crippen LogP contribution in [-0.4, -0.2) is 34.8 Å². The molecule has 0 radical (unpaired) electrons. The van der Waals surface area contributed by atoms with Crippen molar-refractivity contribution in [3.8, 4) is 5.75 Å². The van der Waals surface area contributed by atoms with Crippen molar-refractivity contribution >= 4 is 29.1 Å². The van der Waals surface area contributed by atoms with Gasteiger partial charge in [0.05, 0.1) is 18.4 Å². The summed E-state index contributed by atoms with van der Waals surface area (Å²) in [6.07, 6.45) is 1.99. The molecular formula is C25H22ClNO5. The van der Waals surface area contributed by atoms with Crippen LogP contribution < -0.4 is 4.74 Å². The summed E-state index contributed by atoms with van der Waals surface area (Å²) < 4.78 is 11.1. The number of nitrogens with zero attached hydrogens (tertiary/aromatic N) is 1. The first kappa shape index (κ1) is 21.7. The summed E-state index contributed by atoms with van der Waals surface area (Å²) >= 11 is 5.95. The Bertz CT molecular complexity index is 1150. The lowest BCUT2D eigenvalue weighted by Gasteiger charge is -2.23. The number of aliphatic hydroxyl groups is 1. The minimum absolute atomic E-state index is 0.00490. The topological polar surface area (TPSA) is 80.0 Å². The van der Waals surface area contributed by atoms with E-state index < -0.39 is 17.7 Å². The molecule has 32 heavy (non-hydrogen) atoms. The molecule has 164 valence electrons. The van der Waals surface area contributed by atoms with Crippen LogP contribution in [0.3, 0.4) is 0 Å². The number of furan rings is 1. The molecule has 0 spiro atoms. The lowest BCUT2D eigenvalue weighted by Crippen LogP contribution is -2.31. The lowest BCUT2D eigenvalue weighted by molar-refractivity contribution is -0.140. The predicted octanol–water partition coefficient (Wildman–Crippen LogP) is 5.00. The number of rotatable bonds is 7. The summed E-state index contributed by atoms with van der Waals surface area (Å²) in [5, 5.41) is 11.7. The number of amides is 1. The third-order valence-electron chi connectivity index (χ3n) is 5.33. The molecule has 1 unspecified atom stereocenters. The fraction of sp³-hybridized carbons (Fsp3) is 0.200. The third-order valence-corrected chi connectivity index (χ3v) is 5.58. The normalized spacial score (nSPS) is 17.7. The minimum atomic E-state index is -0.826. The Morgan fingerprint density at radius 1 is 1.12 bits per heavy atom. The van der Waals surface area contributed by atoms with Gasteiger partial charge in [-0.05, 0) is 55.3 Å². The number of benzene rings is 2. The average Bonchev–Trinajstić information content (AvgIpc) is 3.41. The Morgan fingerprint density at radius 2 is 1.91 bits per heavy atom. The van der Waals surface area contributed by atoms with E-state index >= 15 is 0 Å². The molecule has 4 rings (SSSR count). The van der Waals surface area contributed by atoms with Crippen LogP contribution in [0.15, 0.2) is 76.9 Å². The van der Waals surface area contributed by atoms with E-state index in [1.807, 2.05) is 19.1 Å². The molecule has 1 N–H and O–H groups in total. The summed E-state index contributed by atoms with van der Waals surface area (Å²) in [5.41, 5.74) is 1.36. The molecule has 6 nitrogen and oxygen atoms in total. The number of carbonyl (C=O) groups is 2. The van der Waals surface area contributed by atoms with Gasteiger partial charge in [-0.25, -0.2) is 0 Å². The fourth-order valence-electron chi connectivity index (χ4n) is 3.81. The zero-order chi connectivity index (χ0) is 22.7. The highest BCUT2D eigenvalue weighted by Crippen LogP contribution is 2.40. The van der Waals surface area contributed by atoms with E-state index in [2.05, 4.69) is 0 Å². The molecule has 1 atom stereocenters. The standard InChI is InChI=1S/C25H22ClNO5/c1-2-31-19-6-3-5-17(15-19)23(28)21-22(20-7-4-14-32-20)27(25(30)24(21)29)13-12-16-8-10-18(26)11-9-16/h3-11,14-15,22,28H,2,12-13H2,1H3/b23-21-. The van der Waals surface area contributed by atoms with Crippen LogP contribution in [0.5, 0.6) is 5.75 Å². The van der Waals surface area contributed by atoms with E-state index in [-0.39, 0.29) is 17.9 Å². The maximum absolute atomic E-state index is 13.0. The lowest BCUT2D eigenvalue weighted by atomic mass is 9.99. The SMILES string of the molecule is CCOc1cccc(/C(O)=C2/C(=O)C(=O)N(CCc3ccc(Cl)cc3)C2c2ccco2)c1. The minimum Gasteiger partial charge on any atom is -0.507 e. The maximum Gasteiger partial charge on any atom is 0.295 e. The molecule has 7 heteroatoms. The van der Waals surface area contributed by atoms with Crippen molar-refractivity contribution in [2.24, 2.45) is 0 Å². The van der Waals surface area contributed by atoms with Gasteiger partial charge < -0.3 is 19.2 Å². The Balaban J connectivity index is 1.72. The second kappa shape index (κ2) is 9.32. The first-order valence-corrected chi connectivity index (χ1v) is 10.7. The van der Waals surface area contributed by atoms with Gasteiger partial charge in [-0.3, -0.25) is 9.59 Å². The zero-order valence-corrected chi connectivity index (χ0v) is 18.2. The van der Waals surface area contributed by atoms with Crippen LogP contribution in [0.1, 0.15) is 29.9 Å². The highest BCUT2D eigenvalue weighted by molar-refractivity contribution is 6.46. The van der Waals surface area contributed by atoms with Gasteiger partial charge in [0.25, 0.3) is 11.7 Å². The summed E-state index contributed by atoms with van der Waals surface area (Å²) in [7, 11) is 0. The molecule has 1 amide bonds. The monoisotopic (exact) mass is 451 g/mol. The second-order valence-corrected chi connectivity index (χ2v) is 7.78. The van der Waals surface area contributed by atoms with Crippen molar-refractivity contribution in [2.45, 2.75) is 19.4 Å². The number of ketones is 1. The molecule has 1 aliphatic rings. The van der Waals surface area contributed by atoms with Crippen LogP contribution >= 0.6 is 11.6 Å². The molecule has 2 heterocycles. The van der Waals surface area contributed by atoms with Gasteiger partial charge in [0, 0.05) is 17.1 Å². The second-order valence-electron chi connectivity index (χ2n) is 7.35. The van der Waals surface area contributed by atoms with E-state index in [0.717, 1.165) is 5.56 Å². The fourth-order valence-corrected chi connectivity index (χ4v) is 3.94. The first-order chi connectivity index (χ1) is 15.5. The molecule has 2 aromatic carbocycles. The Morgan fingerprint density at radius 3 is 2.59 bits per heavy atom. The summed E-state index contributed by atoms with van der Waals surface area (Å²) in [4.78, 5) is 27.4. The zero-order valence-electron chi connectivity index (χ0n) is 17.5. The maximum atomic E-state index is 13.0. The average molecular weight is 452 g/mol. The number of carbonyl (C=O) groups excluding carboxylic acids is 2. The third kappa shape index (κ3) is 4.27. The number of aliphatic hydroxyl groups excluding tert-OH is 1. The predicted molar refractivity (Wildman–Crippen MR) is 120 cm³/mol. The molecule has 0 saturated carbocycles. The van der Waals surface area contributed by atoms with Gasteiger partial charge in [0.15, 0.2) is 0 Å². The van der Waals surface area contributed by atoms with E-state index in [4.69, 9.17) is 20.8 Å². The summed E-state index contributed by atoms with van der Waals surface area (Å²) in [6, 6.07) is 16.6. The number of hydrogen-bond donors (Lipinski definition) is 1. The van der Waals surface area contributed by atoms with Crippen molar-refractivity contribution in [1.29, 1.82) is 0 Å². The molecule has 3 aromatic rings. The van der Waals surface area contributed by atoms with Gasteiger partial charge in [0.2, 0.25) is 0 Å². The largest absolute Gasteiger partial charge is 0.507 e. The van der Waals surface area contributed by atoms with E-state index in [0.29, 0.717) is 35.1 Å². The van der Waals surface area contributed by atoms with E-state index in [1.165, 1.54) is 11.2 Å².